The molecule has 0 aromatic heterocycles. The molecule has 1 saturated heterocycles. The van der Waals surface area contributed by atoms with E-state index in [9.17, 15) is 5.11 Å². The standard InChI is InChI=1S/C10H19NO2/c1-9-6-13-5-4-11(9)7-10(8-12)2-3-10/h9,12H,2-8H2,1H3/t9-/m0/s1. The van der Waals surface area contributed by atoms with Gasteiger partial charge in [-0.3, -0.25) is 4.90 Å². The minimum Gasteiger partial charge on any atom is -0.396 e. The summed E-state index contributed by atoms with van der Waals surface area (Å²) in [6, 6.07) is 0.526. The lowest BCUT2D eigenvalue weighted by atomic mass is 10.1. The summed E-state index contributed by atoms with van der Waals surface area (Å²) in [6.45, 7) is 6.36. The Kier molecular flexibility index (Phi) is 2.58. The molecule has 0 unspecified atom stereocenters. The van der Waals surface area contributed by atoms with Gasteiger partial charge in [0.25, 0.3) is 0 Å². The zero-order valence-corrected chi connectivity index (χ0v) is 8.33. The smallest absolute Gasteiger partial charge is 0.0619 e. The van der Waals surface area contributed by atoms with Crippen molar-refractivity contribution in [3.8, 4) is 0 Å². The van der Waals surface area contributed by atoms with Crippen LogP contribution in [0.5, 0.6) is 0 Å². The first kappa shape index (κ1) is 9.44. The van der Waals surface area contributed by atoms with Crippen molar-refractivity contribution in [2.75, 3.05) is 32.9 Å². The Morgan fingerprint density at radius 1 is 1.54 bits per heavy atom. The van der Waals surface area contributed by atoms with E-state index >= 15 is 0 Å². The topological polar surface area (TPSA) is 32.7 Å². The van der Waals surface area contributed by atoms with Crippen LogP contribution < -0.4 is 0 Å². The average molecular weight is 185 g/mol. The van der Waals surface area contributed by atoms with Crippen LogP contribution in [0.4, 0.5) is 0 Å². The van der Waals surface area contributed by atoms with Gasteiger partial charge in [0, 0.05) is 31.2 Å². The highest BCUT2D eigenvalue weighted by atomic mass is 16.5. The molecular weight excluding hydrogens is 166 g/mol. The van der Waals surface area contributed by atoms with Crippen molar-refractivity contribution in [1.82, 2.24) is 4.90 Å². The monoisotopic (exact) mass is 185 g/mol. The second-order valence-electron chi connectivity index (χ2n) is 4.55. The third-order valence-corrected chi connectivity index (χ3v) is 3.34. The summed E-state index contributed by atoms with van der Waals surface area (Å²) in [6.07, 6.45) is 2.40. The summed E-state index contributed by atoms with van der Waals surface area (Å²) in [5, 5.41) is 9.22. The van der Waals surface area contributed by atoms with Crippen molar-refractivity contribution in [1.29, 1.82) is 0 Å². The first-order valence-electron chi connectivity index (χ1n) is 5.18. The lowest BCUT2D eigenvalue weighted by molar-refractivity contribution is -0.0142. The lowest BCUT2D eigenvalue weighted by Gasteiger charge is -2.35. The summed E-state index contributed by atoms with van der Waals surface area (Å²) in [5.41, 5.74) is 0.256. The molecule has 0 aromatic rings. The molecule has 1 heterocycles. The first-order chi connectivity index (χ1) is 6.26. The predicted molar refractivity (Wildman–Crippen MR) is 50.6 cm³/mol. The zero-order valence-electron chi connectivity index (χ0n) is 8.33. The molecule has 2 fully saturated rings. The van der Waals surface area contributed by atoms with Crippen molar-refractivity contribution in [3.05, 3.63) is 0 Å². The highest BCUT2D eigenvalue weighted by Gasteiger charge is 2.44. The molecule has 76 valence electrons. The molecule has 0 bridgehead atoms. The highest BCUT2D eigenvalue weighted by molar-refractivity contribution is 4.96. The average Bonchev–Trinajstić information content (AvgIpc) is 2.90. The van der Waals surface area contributed by atoms with Gasteiger partial charge < -0.3 is 9.84 Å². The van der Waals surface area contributed by atoms with Gasteiger partial charge in [-0.15, -0.1) is 0 Å². The van der Waals surface area contributed by atoms with Gasteiger partial charge in [-0.1, -0.05) is 0 Å². The second-order valence-corrected chi connectivity index (χ2v) is 4.55. The van der Waals surface area contributed by atoms with Crippen LogP contribution in [-0.4, -0.2) is 49.0 Å². The number of ether oxygens (including phenoxy) is 1. The van der Waals surface area contributed by atoms with Crippen LogP contribution in [-0.2, 0) is 4.74 Å². The molecule has 2 aliphatic rings. The van der Waals surface area contributed by atoms with Crippen LogP contribution in [0.3, 0.4) is 0 Å². The van der Waals surface area contributed by atoms with Crippen LogP contribution in [0.2, 0.25) is 0 Å². The van der Waals surface area contributed by atoms with Crippen molar-refractivity contribution >= 4 is 0 Å². The summed E-state index contributed by atoms with van der Waals surface area (Å²) in [4.78, 5) is 2.45. The van der Waals surface area contributed by atoms with Crippen molar-refractivity contribution in [3.63, 3.8) is 0 Å². The molecule has 1 atom stereocenters. The van der Waals surface area contributed by atoms with Crippen molar-refractivity contribution in [2.45, 2.75) is 25.8 Å². The van der Waals surface area contributed by atoms with E-state index < -0.39 is 0 Å². The maximum absolute atomic E-state index is 9.22. The first-order valence-corrected chi connectivity index (χ1v) is 5.18. The third kappa shape index (κ3) is 2.03. The number of hydrogen-bond acceptors (Lipinski definition) is 3. The molecule has 2 rings (SSSR count). The van der Waals surface area contributed by atoms with Crippen LogP contribution in [0.15, 0.2) is 0 Å². The van der Waals surface area contributed by atoms with Gasteiger partial charge in [-0.25, -0.2) is 0 Å². The van der Waals surface area contributed by atoms with E-state index in [-0.39, 0.29) is 5.41 Å². The quantitative estimate of drug-likeness (QED) is 0.694. The second kappa shape index (κ2) is 3.56. The zero-order chi connectivity index (χ0) is 9.31. The van der Waals surface area contributed by atoms with Gasteiger partial charge in [0.1, 0.15) is 0 Å². The number of rotatable bonds is 3. The lowest BCUT2D eigenvalue weighted by Crippen LogP contribution is -2.46. The fraction of sp³-hybridized carbons (Fsp3) is 1.00. The molecular formula is C10H19NO2. The predicted octanol–water partition coefficient (Wildman–Crippen LogP) is 0.480. The van der Waals surface area contributed by atoms with E-state index in [1.54, 1.807) is 0 Å². The number of hydrogen-bond donors (Lipinski definition) is 1. The molecule has 1 saturated carbocycles. The Hall–Kier alpha value is -0.120. The molecule has 0 spiro atoms. The molecule has 1 aliphatic carbocycles. The van der Waals surface area contributed by atoms with Crippen LogP contribution in [0.25, 0.3) is 0 Å². The maximum atomic E-state index is 9.22. The van der Waals surface area contributed by atoms with E-state index in [4.69, 9.17) is 4.74 Å². The number of nitrogens with zero attached hydrogens (tertiary/aromatic N) is 1. The van der Waals surface area contributed by atoms with Crippen molar-refractivity contribution < 1.29 is 9.84 Å². The number of aliphatic hydroxyl groups is 1. The van der Waals surface area contributed by atoms with E-state index in [1.807, 2.05) is 0 Å². The normalized spacial score (nSPS) is 33.2. The van der Waals surface area contributed by atoms with E-state index in [0.717, 1.165) is 26.3 Å². The largest absolute Gasteiger partial charge is 0.396 e. The molecule has 0 amide bonds. The van der Waals surface area contributed by atoms with Gasteiger partial charge in [0.05, 0.1) is 13.2 Å². The van der Waals surface area contributed by atoms with E-state index in [0.29, 0.717) is 12.6 Å². The summed E-state index contributed by atoms with van der Waals surface area (Å²) < 4.78 is 5.38. The van der Waals surface area contributed by atoms with Gasteiger partial charge in [0.2, 0.25) is 0 Å². The van der Waals surface area contributed by atoms with E-state index in [1.165, 1.54) is 12.8 Å². The molecule has 0 radical (unpaired) electrons. The van der Waals surface area contributed by atoms with Crippen LogP contribution in [0, 0.1) is 5.41 Å². The molecule has 1 aliphatic heterocycles. The Bertz CT molecular complexity index is 180. The third-order valence-electron chi connectivity index (χ3n) is 3.34. The minimum absolute atomic E-state index is 0.256. The molecule has 3 heteroatoms. The summed E-state index contributed by atoms with van der Waals surface area (Å²) in [5.74, 6) is 0. The molecule has 3 nitrogen and oxygen atoms in total. The minimum atomic E-state index is 0.256. The van der Waals surface area contributed by atoms with Gasteiger partial charge in [-0.05, 0) is 19.8 Å². The number of morpholine rings is 1. The van der Waals surface area contributed by atoms with E-state index in [2.05, 4.69) is 11.8 Å². The van der Waals surface area contributed by atoms with Gasteiger partial charge in [-0.2, -0.15) is 0 Å². The number of aliphatic hydroxyl groups excluding tert-OH is 1. The Balaban J connectivity index is 1.85. The van der Waals surface area contributed by atoms with Crippen molar-refractivity contribution in [2.24, 2.45) is 5.41 Å². The van der Waals surface area contributed by atoms with Crippen LogP contribution >= 0.6 is 0 Å². The Morgan fingerprint density at radius 2 is 2.31 bits per heavy atom. The fourth-order valence-electron chi connectivity index (χ4n) is 1.97. The summed E-state index contributed by atoms with van der Waals surface area (Å²) >= 11 is 0. The van der Waals surface area contributed by atoms with Gasteiger partial charge >= 0.3 is 0 Å². The summed E-state index contributed by atoms with van der Waals surface area (Å²) in [7, 11) is 0. The highest BCUT2D eigenvalue weighted by Crippen LogP contribution is 2.45. The maximum Gasteiger partial charge on any atom is 0.0619 e. The molecule has 1 N–H and O–H groups in total. The SMILES string of the molecule is C[C@H]1COCCN1CC1(CO)CC1. The molecule has 0 aromatic carbocycles. The molecule has 13 heavy (non-hydrogen) atoms. The van der Waals surface area contributed by atoms with Crippen LogP contribution in [0.1, 0.15) is 19.8 Å². The Labute approximate surface area is 79.7 Å². The van der Waals surface area contributed by atoms with Gasteiger partial charge in [0.15, 0.2) is 0 Å². The Morgan fingerprint density at radius 3 is 2.85 bits per heavy atom. The fourth-order valence-corrected chi connectivity index (χ4v) is 1.97.